The largest absolute Gasteiger partial charge is 0.398 e. The van der Waals surface area contributed by atoms with Crippen LogP contribution >= 0.6 is 11.6 Å². The van der Waals surface area contributed by atoms with Crippen LogP contribution in [-0.2, 0) is 0 Å². The van der Waals surface area contributed by atoms with Gasteiger partial charge in [-0.3, -0.25) is 4.79 Å². The lowest BCUT2D eigenvalue weighted by atomic mass is 10.1. The summed E-state index contributed by atoms with van der Waals surface area (Å²) < 4.78 is 27.0. The van der Waals surface area contributed by atoms with E-state index in [1.807, 2.05) is 0 Å². The van der Waals surface area contributed by atoms with Crippen LogP contribution in [0.2, 0.25) is 5.02 Å². The first-order valence-corrected chi connectivity index (χ1v) is 6.09. The summed E-state index contributed by atoms with van der Waals surface area (Å²) in [5, 5.41) is 2.67. The highest BCUT2D eigenvalue weighted by Gasteiger charge is 2.18. The van der Waals surface area contributed by atoms with E-state index in [0.29, 0.717) is 16.9 Å². The van der Waals surface area contributed by atoms with Gasteiger partial charge in [-0.25, -0.2) is 8.78 Å². The number of nitrogens with two attached hydrogens (primary N) is 1. The molecule has 2 aromatic carbocycles. The average Bonchev–Trinajstić information content (AvgIpc) is 2.35. The molecule has 3 nitrogen and oxygen atoms in total. The number of nitrogen functional groups attached to an aromatic ring is 1. The Balaban J connectivity index is 2.35. The minimum Gasteiger partial charge on any atom is -0.398 e. The predicted octanol–water partition coefficient (Wildman–Crippen LogP) is 3.76. The van der Waals surface area contributed by atoms with E-state index in [1.165, 1.54) is 12.1 Å². The topological polar surface area (TPSA) is 55.1 Å². The number of aryl methyl sites for hydroxylation is 1. The van der Waals surface area contributed by atoms with Crippen molar-refractivity contribution in [3.8, 4) is 0 Å². The third-order valence-electron chi connectivity index (χ3n) is 2.78. The molecule has 0 aliphatic heterocycles. The molecule has 0 unspecified atom stereocenters. The Bertz CT molecular complexity index is 669. The molecular formula is C14H11ClF2N2O. The maximum atomic E-state index is 13.5. The smallest absolute Gasteiger partial charge is 0.261 e. The van der Waals surface area contributed by atoms with Gasteiger partial charge in [-0.05, 0) is 36.8 Å². The summed E-state index contributed by atoms with van der Waals surface area (Å²) in [7, 11) is 0. The minimum atomic E-state index is -0.929. The Labute approximate surface area is 119 Å². The van der Waals surface area contributed by atoms with E-state index in [1.54, 1.807) is 13.0 Å². The molecule has 1 amide bonds. The number of carbonyl (C=O) groups excluding carboxylic acids is 1. The number of amides is 1. The molecule has 2 aromatic rings. The molecule has 0 heterocycles. The number of nitrogens with one attached hydrogen (secondary N) is 1. The number of rotatable bonds is 2. The highest BCUT2D eigenvalue weighted by Crippen LogP contribution is 2.27. The molecule has 0 saturated heterocycles. The number of benzene rings is 2. The van der Waals surface area contributed by atoms with E-state index < -0.39 is 23.1 Å². The Hall–Kier alpha value is -2.14. The van der Waals surface area contributed by atoms with Crippen LogP contribution < -0.4 is 11.1 Å². The Morgan fingerprint density at radius 1 is 1.25 bits per heavy atom. The molecule has 0 fully saturated rings. The first-order valence-electron chi connectivity index (χ1n) is 5.71. The molecule has 0 aliphatic rings. The molecule has 0 atom stereocenters. The molecular weight excluding hydrogens is 286 g/mol. The zero-order valence-corrected chi connectivity index (χ0v) is 11.3. The summed E-state index contributed by atoms with van der Waals surface area (Å²) in [5.41, 5.74) is 6.32. The van der Waals surface area contributed by atoms with Crippen molar-refractivity contribution in [2.75, 3.05) is 11.1 Å². The van der Waals surface area contributed by atoms with E-state index in [4.69, 9.17) is 17.3 Å². The van der Waals surface area contributed by atoms with E-state index in [-0.39, 0.29) is 5.02 Å². The van der Waals surface area contributed by atoms with Crippen molar-refractivity contribution >= 4 is 28.9 Å². The van der Waals surface area contributed by atoms with Gasteiger partial charge < -0.3 is 11.1 Å². The summed E-state index contributed by atoms with van der Waals surface area (Å²) >= 11 is 5.85. The van der Waals surface area contributed by atoms with Crippen LogP contribution in [0.25, 0.3) is 0 Å². The summed E-state index contributed by atoms with van der Waals surface area (Å²) in [5.74, 6) is -2.74. The molecule has 0 aromatic heterocycles. The first kappa shape index (κ1) is 14.3. The van der Waals surface area contributed by atoms with Crippen LogP contribution in [0.5, 0.6) is 0 Å². The van der Waals surface area contributed by atoms with E-state index in [2.05, 4.69) is 5.32 Å². The molecule has 0 radical (unpaired) electrons. The molecule has 6 heteroatoms. The summed E-state index contributed by atoms with van der Waals surface area (Å²) in [6.07, 6.45) is 0. The van der Waals surface area contributed by atoms with Gasteiger partial charge in [0, 0.05) is 5.69 Å². The van der Waals surface area contributed by atoms with Crippen molar-refractivity contribution in [1.82, 2.24) is 0 Å². The van der Waals surface area contributed by atoms with Gasteiger partial charge in [0.2, 0.25) is 0 Å². The summed E-state index contributed by atoms with van der Waals surface area (Å²) in [6.45, 7) is 1.69. The maximum absolute atomic E-state index is 13.5. The van der Waals surface area contributed by atoms with Gasteiger partial charge in [0.25, 0.3) is 5.91 Å². The van der Waals surface area contributed by atoms with E-state index >= 15 is 0 Å². The van der Waals surface area contributed by atoms with Crippen molar-refractivity contribution in [3.63, 3.8) is 0 Å². The van der Waals surface area contributed by atoms with Gasteiger partial charge in [-0.15, -0.1) is 0 Å². The second-order valence-electron chi connectivity index (χ2n) is 4.24. The lowest BCUT2D eigenvalue weighted by molar-refractivity contribution is 0.101. The molecule has 104 valence electrons. The standard InChI is InChI=1S/C14H11ClF2N2O/c1-7-5-11(18)8(15)6-12(7)19-14(20)13-9(16)3-2-4-10(13)17/h2-6H,18H2,1H3,(H,19,20). The maximum Gasteiger partial charge on any atom is 0.261 e. The van der Waals surface area contributed by atoms with Gasteiger partial charge in [-0.1, -0.05) is 17.7 Å². The summed E-state index contributed by atoms with van der Waals surface area (Å²) in [6, 6.07) is 6.22. The quantitative estimate of drug-likeness (QED) is 0.829. The lowest BCUT2D eigenvalue weighted by Crippen LogP contribution is -2.16. The highest BCUT2D eigenvalue weighted by molar-refractivity contribution is 6.33. The molecule has 0 saturated carbocycles. The Morgan fingerprint density at radius 3 is 2.45 bits per heavy atom. The fraction of sp³-hybridized carbons (Fsp3) is 0.0714. The Kier molecular flexibility index (Phi) is 3.90. The fourth-order valence-corrected chi connectivity index (χ4v) is 1.90. The first-order chi connectivity index (χ1) is 9.40. The average molecular weight is 297 g/mol. The van der Waals surface area contributed by atoms with Crippen LogP contribution in [0.15, 0.2) is 30.3 Å². The van der Waals surface area contributed by atoms with Crippen molar-refractivity contribution < 1.29 is 13.6 Å². The third kappa shape index (κ3) is 2.72. The van der Waals surface area contributed by atoms with Crippen molar-refractivity contribution in [1.29, 1.82) is 0 Å². The van der Waals surface area contributed by atoms with Crippen LogP contribution in [0, 0.1) is 18.6 Å². The zero-order valence-electron chi connectivity index (χ0n) is 10.5. The van der Waals surface area contributed by atoms with Gasteiger partial charge >= 0.3 is 0 Å². The molecule has 0 bridgehead atoms. The summed E-state index contributed by atoms with van der Waals surface area (Å²) in [4.78, 5) is 11.9. The minimum absolute atomic E-state index is 0.250. The molecule has 0 aliphatic carbocycles. The van der Waals surface area contributed by atoms with Crippen LogP contribution in [0.4, 0.5) is 20.2 Å². The van der Waals surface area contributed by atoms with E-state index in [9.17, 15) is 13.6 Å². The number of hydrogen-bond donors (Lipinski definition) is 2. The number of hydrogen-bond acceptors (Lipinski definition) is 2. The number of anilines is 2. The van der Waals surface area contributed by atoms with Crippen molar-refractivity contribution in [2.45, 2.75) is 6.92 Å². The predicted molar refractivity (Wildman–Crippen MR) is 74.9 cm³/mol. The highest BCUT2D eigenvalue weighted by atomic mass is 35.5. The molecule has 3 N–H and O–H groups in total. The van der Waals surface area contributed by atoms with Gasteiger partial charge in [0.1, 0.15) is 17.2 Å². The van der Waals surface area contributed by atoms with E-state index in [0.717, 1.165) is 12.1 Å². The van der Waals surface area contributed by atoms with Crippen LogP contribution in [0.1, 0.15) is 15.9 Å². The second-order valence-corrected chi connectivity index (χ2v) is 4.65. The molecule has 0 spiro atoms. The van der Waals surface area contributed by atoms with Crippen molar-refractivity contribution in [3.05, 3.63) is 58.1 Å². The molecule has 20 heavy (non-hydrogen) atoms. The van der Waals surface area contributed by atoms with Crippen LogP contribution in [-0.4, -0.2) is 5.91 Å². The number of halogens is 3. The van der Waals surface area contributed by atoms with Gasteiger partial charge in [-0.2, -0.15) is 0 Å². The monoisotopic (exact) mass is 296 g/mol. The van der Waals surface area contributed by atoms with Gasteiger partial charge in [0.15, 0.2) is 0 Å². The fourth-order valence-electron chi connectivity index (χ4n) is 1.74. The number of carbonyl (C=O) groups is 1. The van der Waals surface area contributed by atoms with Crippen LogP contribution in [0.3, 0.4) is 0 Å². The van der Waals surface area contributed by atoms with Gasteiger partial charge in [0.05, 0.1) is 10.7 Å². The normalized spacial score (nSPS) is 10.4. The Morgan fingerprint density at radius 2 is 1.85 bits per heavy atom. The lowest BCUT2D eigenvalue weighted by Gasteiger charge is -2.11. The second kappa shape index (κ2) is 5.46. The third-order valence-corrected chi connectivity index (χ3v) is 3.11. The molecule has 2 rings (SSSR count). The van der Waals surface area contributed by atoms with Crippen molar-refractivity contribution in [2.24, 2.45) is 0 Å². The SMILES string of the molecule is Cc1cc(N)c(Cl)cc1NC(=O)c1c(F)cccc1F. The zero-order chi connectivity index (χ0) is 14.9.